The van der Waals surface area contributed by atoms with E-state index in [1.165, 1.54) is 22.0 Å². The van der Waals surface area contributed by atoms with Crippen molar-refractivity contribution in [2.45, 2.75) is 6.54 Å². The van der Waals surface area contributed by atoms with Gasteiger partial charge in [-0.2, -0.15) is 0 Å². The third-order valence-corrected chi connectivity index (χ3v) is 5.45. The average molecular weight is 427 g/mol. The number of carbonyl (C=O) groups is 1. The van der Waals surface area contributed by atoms with Gasteiger partial charge in [0.25, 0.3) is 11.5 Å². The number of aromatic nitrogens is 3. The standard InChI is InChI=1S/C20H15ClN4O3S/c21-18-8-7-17(29-18)19(27)22-10-13-11-24(12-23-13)14-3-5-15(6-4-14)25-9-1-2-16(26)20(25)28/h1-9,11-12,26H,10H2,(H,22,27). The summed E-state index contributed by atoms with van der Waals surface area (Å²) < 4.78 is 3.75. The van der Waals surface area contributed by atoms with Crippen LogP contribution in [0.4, 0.5) is 0 Å². The van der Waals surface area contributed by atoms with Gasteiger partial charge in [0.2, 0.25) is 0 Å². The van der Waals surface area contributed by atoms with Crippen molar-refractivity contribution in [3.8, 4) is 17.1 Å². The summed E-state index contributed by atoms with van der Waals surface area (Å²) in [5.41, 5.74) is 1.70. The number of carbonyl (C=O) groups excluding carboxylic acids is 1. The third kappa shape index (κ3) is 4.08. The van der Waals surface area contributed by atoms with Crippen LogP contribution in [0.2, 0.25) is 4.34 Å². The van der Waals surface area contributed by atoms with E-state index in [1.54, 1.807) is 42.9 Å². The van der Waals surface area contributed by atoms with Crippen LogP contribution in [0.5, 0.6) is 5.75 Å². The monoisotopic (exact) mass is 426 g/mol. The number of aromatic hydroxyl groups is 1. The highest BCUT2D eigenvalue weighted by Crippen LogP contribution is 2.21. The normalized spacial score (nSPS) is 10.8. The lowest BCUT2D eigenvalue weighted by atomic mass is 10.2. The maximum atomic E-state index is 12.1. The second-order valence-corrected chi connectivity index (χ2v) is 7.86. The van der Waals surface area contributed by atoms with Crippen molar-refractivity contribution in [1.29, 1.82) is 0 Å². The van der Waals surface area contributed by atoms with Crippen molar-refractivity contribution < 1.29 is 9.90 Å². The van der Waals surface area contributed by atoms with E-state index in [-0.39, 0.29) is 18.2 Å². The number of rotatable bonds is 5. The van der Waals surface area contributed by atoms with E-state index in [4.69, 9.17) is 11.6 Å². The van der Waals surface area contributed by atoms with Gasteiger partial charge in [-0.15, -0.1) is 11.3 Å². The van der Waals surface area contributed by atoms with Crippen LogP contribution in [0, 0.1) is 0 Å². The maximum absolute atomic E-state index is 12.1. The Morgan fingerprint density at radius 1 is 1.14 bits per heavy atom. The fourth-order valence-electron chi connectivity index (χ4n) is 2.76. The van der Waals surface area contributed by atoms with Gasteiger partial charge in [-0.1, -0.05) is 11.6 Å². The molecule has 1 aromatic carbocycles. The largest absolute Gasteiger partial charge is 0.503 e. The molecule has 0 saturated heterocycles. The topological polar surface area (TPSA) is 89.1 Å². The molecule has 29 heavy (non-hydrogen) atoms. The molecule has 9 heteroatoms. The zero-order valence-corrected chi connectivity index (χ0v) is 16.5. The van der Waals surface area contributed by atoms with Crippen molar-refractivity contribution in [2.75, 3.05) is 0 Å². The fraction of sp³-hybridized carbons (Fsp3) is 0.0500. The van der Waals surface area contributed by atoms with Gasteiger partial charge in [0.1, 0.15) is 0 Å². The van der Waals surface area contributed by atoms with Gasteiger partial charge in [-0.3, -0.25) is 14.2 Å². The van der Waals surface area contributed by atoms with Gasteiger partial charge in [0, 0.05) is 23.8 Å². The molecule has 0 aliphatic heterocycles. The Bertz CT molecular complexity index is 1230. The van der Waals surface area contributed by atoms with Gasteiger partial charge < -0.3 is 15.0 Å². The number of benzene rings is 1. The summed E-state index contributed by atoms with van der Waals surface area (Å²) in [6, 6.07) is 13.5. The second kappa shape index (κ2) is 7.94. The Morgan fingerprint density at radius 3 is 2.62 bits per heavy atom. The minimum absolute atomic E-state index is 0.197. The molecular formula is C20H15ClN4O3S. The average Bonchev–Trinajstić information content (AvgIpc) is 3.38. The Hall–Kier alpha value is -3.36. The number of amides is 1. The molecule has 3 heterocycles. The van der Waals surface area contributed by atoms with Crippen LogP contribution in [0.3, 0.4) is 0 Å². The lowest BCUT2D eigenvalue weighted by Crippen LogP contribution is -2.21. The van der Waals surface area contributed by atoms with Crippen LogP contribution in [0.15, 0.2) is 72.0 Å². The van der Waals surface area contributed by atoms with E-state index in [1.807, 2.05) is 22.9 Å². The minimum atomic E-state index is -0.479. The van der Waals surface area contributed by atoms with Crippen LogP contribution in [-0.2, 0) is 6.54 Å². The number of thiophene rings is 1. The molecule has 0 aliphatic carbocycles. The van der Waals surface area contributed by atoms with Crippen molar-refractivity contribution in [1.82, 2.24) is 19.4 Å². The molecule has 4 aromatic rings. The first-order chi connectivity index (χ1) is 14.0. The number of halogens is 1. The van der Waals surface area contributed by atoms with E-state index in [0.29, 0.717) is 20.6 Å². The Morgan fingerprint density at radius 2 is 1.90 bits per heavy atom. The molecule has 0 spiro atoms. The lowest BCUT2D eigenvalue weighted by Gasteiger charge is -2.07. The summed E-state index contributed by atoms with van der Waals surface area (Å²) in [5.74, 6) is -0.500. The molecule has 2 N–H and O–H groups in total. The number of pyridine rings is 1. The number of imidazole rings is 1. The summed E-state index contributed by atoms with van der Waals surface area (Å²) in [6.45, 7) is 0.290. The first-order valence-electron chi connectivity index (χ1n) is 8.59. The van der Waals surface area contributed by atoms with E-state index in [9.17, 15) is 14.7 Å². The molecule has 0 aliphatic rings. The van der Waals surface area contributed by atoms with Gasteiger partial charge in [-0.05, 0) is 48.5 Å². The van der Waals surface area contributed by atoms with Gasteiger partial charge in [0.05, 0.1) is 27.8 Å². The van der Waals surface area contributed by atoms with E-state index in [2.05, 4.69) is 10.3 Å². The van der Waals surface area contributed by atoms with Crippen molar-refractivity contribution in [3.05, 3.63) is 92.5 Å². The molecule has 3 aromatic heterocycles. The molecule has 0 fully saturated rings. The summed E-state index contributed by atoms with van der Waals surface area (Å²) in [4.78, 5) is 29.0. The maximum Gasteiger partial charge on any atom is 0.297 e. The first kappa shape index (κ1) is 19.0. The summed E-state index contributed by atoms with van der Waals surface area (Å²) >= 11 is 7.07. The molecule has 0 radical (unpaired) electrons. The van der Waals surface area contributed by atoms with Crippen LogP contribution >= 0.6 is 22.9 Å². The molecule has 4 rings (SSSR count). The summed E-state index contributed by atoms with van der Waals surface area (Å²) in [7, 11) is 0. The predicted molar refractivity (Wildman–Crippen MR) is 111 cm³/mol. The molecule has 146 valence electrons. The predicted octanol–water partition coefficient (Wildman–Crippen LogP) is 3.37. The van der Waals surface area contributed by atoms with Crippen molar-refractivity contribution in [3.63, 3.8) is 0 Å². The number of hydrogen-bond donors (Lipinski definition) is 2. The highest BCUT2D eigenvalue weighted by atomic mass is 35.5. The Balaban J connectivity index is 1.46. The van der Waals surface area contributed by atoms with Gasteiger partial charge >= 0.3 is 0 Å². The van der Waals surface area contributed by atoms with Gasteiger partial charge in [0.15, 0.2) is 5.75 Å². The van der Waals surface area contributed by atoms with Crippen LogP contribution in [0.1, 0.15) is 15.4 Å². The third-order valence-electron chi connectivity index (χ3n) is 4.22. The van der Waals surface area contributed by atoms with Crippen LogP contribution in [-0.4, -0.2) is 25.1 Å². The molecular weight excluding hydrogens is 412 g/mol. The Labute approximate surface area is 174 Å². The number of nitrogens with one attached hydrogen (secondary N) is 1. The molecule has 0 saturated carbocycles. The molecule has 0 bridgehead atoms. The molecule has 7 nitrogen and oxygen atoms in total. The first-order valence-corrected chi connectivity index (χ1v) is 9.78. The smallest absolute Gasteiger partial charge is 0.297 e. The quantitative estimate of drug-likeness (QED) is 0.512. The summed E-state index contributed by atoms with van der Waals surface area (Å²) in [6.07, 6.45) is 5.06. The number of hydrogen-bond acceptors (Lipinski definition) is 5. The van der Waals surface area contributed by atoms with Crippen LogP contribution in [0.25, 0.3) is 11.4 Å². The zero-order valence-electron chi connectivity index (χ0n) is 14.9. The minimum Gasteiger partial charge on any atom is -0.503 e. The molecule has 0 atom stereocenters. The highest BCUT2D eigenvalue weighted by molar-refractivity contribution is 7.17. The second-order valence-electron chi connectivity index (χ2n) is 6.14. The lowest BCUT2D eigenvalue weighted by molar-refractivity contribution is 0.0954. The highest BCUT2D eigenvalue weighted by Gasteiger charge is 2.10. The number of nitrogens with zero attached hydrogens (tertiary/aromatic N) is 3. The van der Waals surface area contributed by atoms with E-state index >= 15 is 0 Å². The SMILES string of the molecule is O=C(NCc1cn(-c2ccc(-n3cccc(O)c3=O)cc2)cn1)c1ccc(Cl)s1. The van der Waals surface area contributed by atoms with E-state index in [0.717, 1.165) is 5.69 Å². The summed E-state index contributed by atoms with van der Waals surface area (Å²) in [5, 5.41) is 12.4. The Kier molecular flexibility index (Phi) is 5.20. The zero-order chi connectivity index (χ0) is 20.4. The molecule has 1 amide bonds. The van der Waals surface area contributed by atoms with Crippen LogP contribution < -0.4 is 10.9 Å². The van der Waals surface area contributed by atoms with Crippen molar-refractivity contribution in [2.24, 2.45) is 0 Å². The van der Waals surface area contributed by atoms with E-state index < -0.39 is 5.56 Å². The molecule has 0 unspecified atom stereocenters. The fourth-order valence-corrected chi connectivity index (χ4v) is 3.72. The van der Waals surface area contributed by atoms with Crippen molar-refractivity contribution >= 4 is 28.8 Å². The van der Waals surface area contributed by atoms with Gasteiger partial charge in [-0.25, -0.2) is 4.98 Å².